The molecule has 0 bridgehead atoms. The van der Waals surface area contributed by atoms with Crippen LogP contribution in [0, 0.1) is 11.6 Å². The number of rotatable bonds is 3. The Morgan fingerprint density at radius 1 is 1.31 bits per heavy atom. The van der Waals surface area contributed by atoms with Crippen LogP contribution in [-0.4, -0.2) is 6.54 Å². The molecular formula is C9H12F2N2. The van der Waals surface area contributed by atoms with E-state index in [2.05, 4.69) is 5.32 Å². The van der Waals surface area contributed by atoms with E-state index in [1.165, 1.54) is 0 Å². The second-order valence-corrected chi connectivity index (χ2v) is 2.79. The number of hydrogen-bond donors (Lipinski definition) is 2. The molecule has 1 aromatic rings. The smallest absolute Gasteiger partial charge is 0.151 e. The van der Waals surface area contributed by atoms with Gasteiger partial charge in [0.15, 0.2) is 11.6 Å². The van der Waals surface area contributed by atoms with Crippen LogP contribution in [-0.2, 0) is 0 Å². The first-order valence-electron chi connectivity index (χ1n) is 4.13. The summed E-state index contributed by atoms with van der Waals surface area (Å²) in [4.78, 5) is 0. The SMILES string of the molecule is CCCNc1c(F)cc(N)cc1F. The molecular weight excluding hydrogens is 174 g/mol. The maximum Gasteiger partial charge on any atom is 0.151 e. The largest absolute Gasteiger partial charge is 0.399 e. The van der Waals surface area contributed by atoms with Crippen LogP contribution in [0.25, 0.3) is 0 Å². The number of benzene rings is 1. The van der Waals surface area contributed by atoms with Crippen LogP contribution < -0.4 is 11.1 Å². The van der Waals surface area contributed by atoms with Crippen molar-refractivity contribution in [2.45, 2.75) is 13.3 Å². The lowest BCUT2D eigenvalue weighted by molar-refractivity contribution is 0.589. The van der Waals surface area contributed by atoms with E-state index >= 15 is 0 Å². The van der Waals surface area contributed by atoms with Gasteiger partial charge in [-0.3, -0.25) is 0 Å². The molecule has 3 N–H and O–H groups in total. The van der Waals surface area contributed by atoms with Crippen LogP contribution in [0.4, 0.5) is 20.2 Å². The average Bonchev–Trinajstić information content (AvgIpc) is 2.02. The number of nitrogen functional groups attached to an aromatic ring is 1. The van der Waals surface area contributed by atoms with E-state index < -0.39 is 11.6 Å². The van der Waals surface area contributed by atoms with Crippen LogP contribution in [0.5, 0.6) is 0 Å². The molecule has 0 aliphatic heterocycles. The molecule has 0 aliphatic carbocycles. The van der Waals surface area contributed by atoms with Gasteiger partial charge in [0.2, 0.25) is 0 Å². The lowest BCUT2D eigenvalue weighted by Gasteiger charge is -2.07. The van der Waals surface area contributed by atoms with Crippen molar-refractivity contribution in [3.63, 3.8) is 0 Å². The van der Waals surface area contributed by atoms with E-state index in [0.717, 1.165) is 18.6 Å². The highest BCUT2D eigenvalue weighted by atomic mass is 19.1. The molecule has 0 amide bonds. The Hall–Kier alpha value is -1.32. The molecule has 0 unspecified atom stereocenters. The quantitative estimate of drug-likeness (QED) is 0.711. The first-order valence-corrected chi connectivity index (χ1v) is 4.13. The Labute approximate surface area is 75.7 Å². The predicted octanol–water partition coefficient (Wildman–Crippen LogP) is 2.37. The molecule has 0 spiro atoms. The van der Waals surface area contributed by atoms with Crippen molar-refractivity contribution in [2.24, 2.45) is 0 Å². The third-order valence-electron chi connectivity index (χ3n) is 1.62. The molecule has 0 fully saturated rings. The Morgan fingerprint density at radius 2 is 1.85 bits per heavy atom. The molecule has 2 nitrogen and oxygen atoms in total. The number of nitrogens with two attached hydrogens (primary N) is 1. The van der Waals surface area contributed by atoms with Gasteiger partial charge in [0, 0.05) is 12.2 Å². The molecule has 13 heavy (non-hydrogen) atoms. The molecule has 0 aromatic heterocycles. The standard InChI is InChI=1S/C9H12F2N2/c1-2-3-13-9-7(10)4-6(12)5-8(9)11/h4-5,13H,2-3,12H2,1H3. The van der Waals surface area contributed by atoms with Crippen LogP contribution in [0.15, 0.2) is 12.1 Å². The van der Waals surface area contributed by atoms with E-state index in [9.17, 15) is 8.78 Å². The van der Waals surface area contributed by atoms with Gasteiger partial charge in [0.1, 0.15) is 5.69 Å². The second-order valence-electron chi connectivity index (χ2n) is 2.79. The molecule has 0 heterocycles. The van der Waals surface area contributed by atoms with E-state index in [1.807, 2.05) is 6.92 Å². The second kappa shape index (κ2) is 4.07. The zero-order valence-electron chi connectivity index (χ0n) is 7.40. The van der Waals surface area contributed by atoms with Crippen LogP contribution in [0.1, 0.15) is 13.3 Å². The van der Waals surface area contributed by atoms with Gasteiger partial charge in [-0.05, 0) is 18.6 Å². The summed E-state index contributed by atoms with van der Waals surface area (Å²) in [5.41, 5.74) is 5.24. The Balaban J connectivity index is 2.92. The molecule has 0 atom stereocenters. The summed E-state index contributed by atoms with van der Waals surface area (Å²) < 4.78 is 26.1. The molecule has 0 saturated carbocycles. The van der Waals surface area contributed by atoms with Crippen LogP contribution in [0.3, 0.4) is 0 Å². The molecule has 4 heteroatoms. The Kier molecular flexibility index (Phi) is 3.06. The number of hydrogen-bond acceptors (Lipinski definition) is 2. The topological polar surface area (TPSA) is 38.0 Å². The highest BCUT2D eigenvalue weighted by Gasteiger charge is 2.08. The van der Waals surface area contributed by atoms with Gasteiger partial charge in [-0.1, -0.05) is 6.92 Å². The minimum Gasteiger partial charge on any atom is -0.399 e. The molecule has 1 aromatic carbocycles. The first kappa shape index (κ1) is 9.77. The van der Waals surface area contributed by atoms with Crippen molar-refractivity contribution in [3.05, 3.63) is 23.8 Å². The molecule has 0 saturated heterocycles. The number of halogens is 2. The molecule has 72 valence electrons. The third kappa shape index (κ3) is 2.31. The minimum atomic E-state index is -0.647. The van der Waals surface area contributed by atoms with E-state index in [4.69, 9.17) is 5.73 Å². The molecule has 1 rings (SSSR count). The summed E-state index contributed by atoms with van der Waals surface area (Å²) in [5, 5.41) is 2.65. The van der Waals surface area contributed by atoms with Gasteiger partial charge in [-0.25, -0.2) is 8.78 Å². The van der Waals surface area contributed by atoms with Crippen molar-refractivity contribution >= 4 is 11.4 Å². The minimum absolute atomic E-state index is 0.0945. The van der Waals surface area contributed by atoms with Crippen molar-refractivity contribution in [3.8, 4) is 0 Å². The molecule has 0 aliphatic rings. The fourth-order valence-electron chi connectivity index (χ4n) is 1.01. The van der Waals surface area contributed by atoms with Crippen molar-refractivity contribution in [2.75, 3.05) is 17.6 Å². The van der Waals surface area contributed by atoms with E-state index in [1.54, 1.807) is 0 Å². The summed E-state index contributed by atoms with van der Waals surface area (Å²) >= 11 is 0. The van der Waals surface area contributed by atoms with Gasteiger partial charge in [-0.15, -0.1) is 0 Å². The maximum atomic E-state index is 13.1. The summed E-state index contributed by atoms with van der Waals surface area (Å²) in [6, 6.07) is 2.20. The Morgan fingerprint density at radius 3 is 2.31 bits per heavy atom. The zero-order valence-corrected chi connectivity index (χ0v) is 7.40. The average molecular weight is 186 g/mol. The third-order valence-corrected chi connectivity index (χ3v) is 1.62. The maximum absolute atomic E-state index is 13.1. The summed E-state index contributed by atoms with van der Waals surface area (Å²) in [6.07, 6.45) is 0.809. The zero-order chi connectivity index (χ0) is 9.84. The fourth-order valence-corrected chi connectivity index (χ4v) is 1.01. The van der Waals surface area contributed by atoms with Crippen LogP contribution >= 0.6 is 0 Å². The Bertz CT molecular complexity index is 277. The predicted molar refractivity (Wildman–Crippen MR) is 49.6 cm³/mol. The van der Waals surface area contributed by atoms with Gasteiger partial charge in [-0.2, -0.15) is 0 Å². The van der Waals surface area contributed by atoms with E-state index in [0.29, 0.717) is 6.54 Å². The number of anilines is 2. The van der Waals surface area contributed by atoms with Crippen molar-refractivity contribution < 1.29 is 8.78 Å². The normalized spacial score (nSPS) is 10.1. The van der Waals surface area contributed by atoms with Gasteiger partial charge in [0.25, 0.3) is 0 Å². The summed E-state index contributed by atoms with van der Waals surface area (Å²) in [6.45, 7) is 2.46. The van der Waals surface area contributed by atoms with Crippen LogP contribution in [0.2, 0.25) is 0 Å². The van der Waals surface area contributed by atoms with E-state index in [-0.39, 0.29) is 11.4 Å². The lowest BCUT2D eigenvalue weighted by Crippen LogP contribution is -2.05. The highest BCUT2D eigenvalue weighted by Crippen LogP contribution is 2.21. The fraction of sp³-hybridized carbons (Fsp3) is 0.333. The number of nitrogens with one attached hydrogen (secondary N) is 1. The highest BCUT2D eigenvalue weighted by molar-refractivity contribution is 5.53. The lowest BCUT2D eigenvalue weighted by atomic mass is 10.2. The summed E-state index contributed by atoms with van der Waals surface area (Å²) in [7, 11) is 0. The first-order chi connectivity index (χ1) is 6.15. The van der Waals surface area contributed by atoms with Gasteiger partial charge < -0.3 is 11.1 Å². The van der Waals surface area contributed by atoms with Crippen molar-refractivity contribution in [1.82, 2.24) is 0 Å². The van der Waals surface area contributed by atoms with Gasteiger partial charge >= 0.3 is 0 Å². The van der Waals surface area contributed by atoms with Crippen molar-refractivity contribution in [1.29, 1.82) is 0 Å². The van der Waals surface area contributed by atoms with Gasteiger partial charge in [0.05, 0.1) is 0 Å². The summed E-state index contributed by atoms with van der Waals surface area (Å²) in [5.74, 6) is -1.29. The monoisotopic (exact) mass is 186 g/mol. The molecule has 0 radical (unpaired) electrons.